The fourth-order valence-electron chi connectivity index (χ4n) is 2.65. The van der Waals surface area contributed by atoms with E-state index in [4.69, 9.17) is 4.74 Å². The summed E-state index contributed by atoms with van der Waals surface area (Å²) in [7, 11) is 5.70. The highest BCUT2D eigenvalue weighted by molar-refractivity contribution is 14.0. The van der Waals surface area contributed by atoms with Crippen LogP contribution < -0.4 is 15.5 Å². The predicted molar refractivity (Wildman–Crippen MR) is 124 cm³/mol. The summed E-state index contributed by atoms with van der Waals surface area (Å²) in [5.74, 6) is 0.836. The number of para-hydroxylation sites is 1. The quantitative estimate of drug-likeness (QED) is 0.247. The van der Waals surface area contributed by atoms with Crippen LogP contribution in [0.4, 0.5) is 5.69 Å². The van der Waals surface area contributed by atoms with Crippen molar-refractivity contribution in [3.63, 3.8) is 0 Å². The van der Waals surface area contributed by atoms with Crippen molar-refractivity contribution in [2.75, 3.05) is 45.7 Å². The molecule has 1 unspecified atom stereocenters. The van der Waals surface area contributed by atoms with Crippen LogP contribution in [0.3, 0.4) is 0 Å². The Bertz CT molecular complexity index is 502. The third kappa shape index (κ3) is 9.62. The molecule has 0 aliphatic heterocycles. The lowest BCUT2D eigenvalue weighted by molar-refractivity contribution is 0.0205. The predicted octanol–water partition coefficient (Wildman–Crippen LogP) is 3.75. The average Bonchev–Trinajstić information content (AvgIpc) is 2.59. The Morgan fingerprint density at radius 3 is 2.35 bits per heavy atom. The molecule has 6 heteroatoms. The van der Waals surface area contributed by atoms with E-state index >= 15 is 0 Å². The molecule has 0 aromatic heterocycles. The van der Waals surface area contributed by atoms with Gasteiger partial charge in [-0.3, -0.25) is 4.99 Å². The Morgan fingerprint density at radius 1 is 1.15 bits per heavy atom. The maximum atomic E-state index is 5.57. The van der Waals surface area contributed by atoms with Crippen molar-refractivity contribution in [3.8, 4) is 0 Å². The van der Waals surface area contributed by atoms with Gasteiger partial charge in [0, 0.05) is 46.5 Å². The maximum Gasteiger partial charge on any atom is 0.191 e. The zero-order valence-corrected chi connectivity index (χ0v) is 19.5. The summed E-state index contributed by atoms with van der Waals surface area (Å²) in [5.41, 5.74) is 1.36. The van der Waals surface area contributed by atoms with Crippen LogP contribution in [0.15, 0.2) is 35.3 Å². The van der Waals surface area contributed by atoms with Gasteiger partial charge in [0.1, 0.15) is 0 Å². The first-order chi connectivity index (χ1) is 11.9. The molecule has 0 aliphatic rings. The highest BCUT2D eigenvalue weighted by Crippen LogP contribution is 2.20. The second kappa shape index (κ2) is 13.2. The van der Waals surface area contributed by atoms with Crippen LogP contribution in [-0.4, -0.2) is 52.9 Å². The SMILES string of the molecule is CN=C(NCCCCN(C)c1ccccc1)NCC(OC)C(C)(C)C.I. The fraction of sp³-hybridized carbons (Fsp3) is 0.650. The van der Waals surface area contributed by atoms with Crippen molar-refractivity contribution in [2.24, 2.45) is 10.4 Å². The minimum absolute atomic E-state index is 0. The first-order valence-corrected chi connectivity index (χ1v) is 9.12. The Labute approximate surface area is 177 Å². The normalized spacial score (nSPS) is 12.9. The first kappa shape index (κ1) is 25.0. The van der Waals surface area contributed by atoms with Crippen LogP contribution in [0, 0.1) is 5.41 Å². The second-order valence-electron chi connectivity index (χ2n) is 7.43. The van der Waals surface area contributed by atoms with Gasteiger partial charge >= 0.3 is 0 Å². The summed E-state index contributed by atoms with van der Waals surface area (Å²) in [5, 5.41) is 6.73. The standard InChI is InChI=1S/C20H36N4O.HI/c1-20(2,3)18(25-6)16-23-19(21-4)22-14-10-11-15-24(5)17-12-8-7-9-13-17;/h7-9,12-13,18H,10-11,14-16H2,1-6H3,(H2,21,22,23);1H. The maximum absolute atomic E-state index is 5.57. The molecule has 0 spiro atoms. The topological polar surface area (TPSA) is 48.9 Å². The number of hydrogen-bond donors (Lipinski definition) is 2. The van der Waals surface area contributed by atoms with Gasteiger partial charge in [0.15, 0.2) is 5.96 Å². The Hall–Kier alpha value is -1.02. The number of hydrogen-bond acceptors (Lipinski definition) is 3. The Balaban J connectivity index is 0.00000625. The van der Waals surface area contributed by atoms with Crippen molar-refractivity contribution in [1.82, 2.24) is 10.6 Å². The van der Waals surface area contributed by atoms with Gasteiger partial charge in [-0.2, -0.15) is 0 Å². The fourth-order valence-corrected chi connectivity index (χ4v) is 2.65. The largest absolute Gasteiger partial charge is 0.379 e. The zero-order valence-electron chi connectivity index (χ0n) is 17.2. The van der Waals surface area contributed by atoms with E-state index in [0.717, 1.165) is 38.4 Å². The monoisotopic (exact) mass is 476 g/mol. The second-order valence-corrected chi connectivity index (χ2v) is 7.43. The molecule has 5 nitrogen and oxygen atoms in total. The van der Waals surface area contributed by atoms with E-state index < -0.39 is 0 Å². The van der Waals surface area contributed by atoms with Gasteiger partial charge in [-0.1, -0.05) is 39.0 Å². The molecule has 0 amide bonds. The molecule has 0 radical (unpaired) electrons. The summed E-state index contributed by atoms with van der Waals surface area (Å²) in [6, 6.07) is 10.5. The molecule has 1 atom stereocenters. The van der Waals surface area contributed by atoms with Crippen LogP contribution in [0.1, 0.15) is 33.6 Å². The molecule has 26 heavy (non-hydrogen) atoms. The molecule has 0 heterocycles. The molecule has 0 bridgehead atoms. The van der Waals surface area contributed by atoms with E-state index in [1.165, 1.54) is 5.69 Å². The minimum Gasteiger partial charge on any atom is -0.379 e. The summed E-state index contributed by atoms with van der Waals surface area (Å²) in [6.45, 7) is 9.26. The van der Waals surface area contributed by atoms with E-state index in [1.807, 2.05) is 6.07 Å². The Morgan fingerprint density at radius 2 is 1.81 bits per heavy atom. The Kier molecular flexibility index (Phi) is 12.7. The molecular formula is C20H37IN4O. The van der Waals surface area contributed by atoms with Crippen LogP contribution in [0.25, 0.3) is 0 Å². The summed E-state index contributed by atoms with van der Waals surface area (Å²) in [6.07, 6.45) is 2.38. The lowest BCUT2D eigenvalue weighted by Crippen LogP contribution is -2.45. The molecule has 0 saturated heterocycles. The van der Waals surface area contributed by atoms with E-state index in [1.54, 1.807) is 14.2 Å². The van der Waals surface area contributed by atoms with Gasteiger partial charge in [-0.15, -0.1) is 24.0 Å². The molecular weight excluding hydrogens is 439 g/mol. The highest BCUT2D eigenvalue weighted by Gasteiger charge is 2.24. The third-order valence-corrected chi connectivity index (χ3v) is 4.34. The number of methoxy groups -OCH3 is 1. The molecule has 0 fully saturated rings. The van der Waals surface area contributed by atoms with Crippen molar-refractivity contribution >= 4 is 35.6 Å². The number of rotatable bonds is 9. The average molecular weight is 476 g/mol. The zero-order chi connectivity index (χ0) is 18.7. The minimum atomic E-state index is 0. The lowest BCUT2D eigenvalue weighted by Gasteiger charge is -2.30. The van der Waals surface area contributed by atoms with Crippen LogP contribution >= 0.6 is 24.0 Å². The van der Waals surface area contributed by atoms with Crippen molar-refractivity contribution in [2.45, 2.75) is 39.7 Å². The molecule has 1 rings (SSSR count). The number of benzene rings is 1. The number of anilines is 1. The van der Waals surface area contributed by atoms with Crippen molar-refractivity contribution in [1.29, 1.82) is 0 Å². The number of guanidine groups is 1. The van der Waals surface area contributed by atoms with E-state index in [9.17, 15) is 0 Å². The third-order valence-electron chi connectivity index (χ3n) is 4.34. The van der Waals surface area contributed by atoms with Crippen LogP contribution in [0.5, 0.6) is 0 Å². The van der Waals surface area contributed by atoms with E-state index in [-0.39, 0.29) is 35.5 Å². The number of aliphatic imine (C=N–C) groups is 1. The number of nitrogens with zero attached hydrogens (tertiary/aromatic N) is 2. The molecule has 150 valence electrons. The number of nitrogens with one attached hydrogen (secondary N) is 2. The number of halogens is 1. The number of unbranched alkanes of at least 4 members (excludes halogenated alkanes) is 1. The smallest absolute Gasteiger partial charge is 0.191 e. The summed E-state index contributed by atoms with van der Waals surface area (Å²) < 4.78 is 5.57. The number of ether oxygens (including phenoxy) is 1. The molecule has 0 saturated carbocycles. The van der Waals surface area contributed by atoms with Gasteiger partial charge in [0.25, 0.3) is 0 Å². The molecule has 2 N–H and O–H groups in total. The van der Waals surface area contributed by atoms with Gasteiger partial charge in [0.05, 0.1) is 6.10 Å². The van der Waals surface area contributed by atoms with Crippen LogP contribution in [0.2, 0.25) is 0 Å². The summed E-state index contributed by atoms with van der Waals surface area (Å²) in [4.78, 5) is 6.58. The van der Waals surface area contributed by atoms with Gasteiger partial charge in [0.2, 0.25) is 0 Å². The van der Waals surface area contributed by atoms with Gasteiger partial charge in [-0.25, -0.2) is 0 Å². The first-order valence-electron chi connectivity index (χ1n) is 9.12. The van der Waals surface area contributed by atoms with Crippen molar-refractivity contribution in [3.05, 3.63) is 30.3 Å². The molecule has 1 aromatic carbocycles. The lowest BCUT2D eigenvalue weighted by atomic mass is 9.89. The summed E-state index contributed by atoms with van der Waals surface area (Å²) >= 11 is 0. The van der Waals surface area contributed by atoms with Crippen LogP contribution in [-0.2, 0) is 4.74 Å². The van der Waals surface area contributed by atoms with Crippen molar-refractivity contribution < 1.29 is 4.74 Å². The molecule has 0 aliphatic carbocycles. The van der Waals surface area contributed by atoms with Gasteiger partial charge in [-0.05, 0) is 30.4 Å². The molecule has 1 aromatic rings. The van der Waals surface area contributed by atoms with E-state index in [2.05, 4.69) is 72.6 Å². The van der Waals surface area contributed by atoms with Gasteiger partial charge < -0.3 is 20.3 Å². The highest BCUT2D eigenvalue weighted by atomic mass is 127. The van der Waals surface area contributed by atoms with E-state index in [0.29, 0.717) is 0 Å².